The summed E-state index contributed by atoms with van der Waals surface area (Å²) in [6.45, 7) is 4.86. The number of carbonyl (C=O) groups excluding carboxylic acids is 2. The average Bonchev–Trinajstić information content (AvgIpc) is 2.58. The van der Waals surface area contributed by atoms with Crippen molar-refractivity contribution >= 4 is 11.8 Å². The lowest BCUT2D eigenvalue weighted by molar-refractivity contribution is 0.0355. The van der Waals surface area contributed by atoms with Gasteiger partial charge >= 0.3 is 6.03 Å². The van der Waals surface area contributed by atoms with E-state index in [1.165, 1.54) is 0 Å². The monoisotopic (exact) mass is 368 g/mol. The van der Waals surface area contributed by atoms with Crippen LogP contribution in [0.3, 0.4) is 0 Å². The first-order valence-corrected chi connectivity index (χ1v) is 8.88. The molecule has 7 nitrogen and oxygen atoms in total. The number of urea groups is 1. The highest BCUT2D eigenvalue weighted by molar-refractivity contribution is 5.95. The summed E-state index contributed by atoms with van der Waals surface area (Å²) in [6.07, 6.45) is 1.88. The van der Waals surface area contributed by atoms with Crippen LogP contribution in [0.2, 0.25) is 0 Å². The van der Waals surface area contributed by atoms with Crippen molar-refractivity contribution in [1.82, 2.24) is 19.8 Å². The first-order chi connectivity index (χ1) is 12.8. The van der Waals surface area contributed by atoms with E-state index in [0.29, 0.717) is 35.9 Å². The fourth-order valence-corrected chi connectivity index (χ4v) is 2.85. The molecule has 0 saturated carbocycles. The Bertz CT molecular complexity index is 843. The molecule has 0 N–H and O–H groups in total. The molecule has 1 saturated heterocycles. The van der Waals surface area contributed by atoms with E-state index in [-0.39, 0.29) is 24.3 Å². The summed E-state index contributed by atoms with van der Waals surface area (Å²) in [7, 11) is 3.45. The summed E-state index contributed by atoms with van der Waals surface area (Å²) in [5.74, 6) is 0.502. The van der Waals surface area contributed by atoms with Crippen molar-refractivity contribution in [3.05, 3.63) is 53.1 Å². The van der Waals surface area contributed by atoms with E-state index in [0.717, 1.165) is 5.56 Å². The van der Waals surface area contributed by atoms with Crippen LogP contribution in [0.4, 0.5) is 4.79 Å². The number of nitrogens with zero attached hydrogens (tertiary/aromatic N) is 4. The van der Waals surface area contributed by atoms with Gasteiger partial charge in [0.05, 0.1) is 19.5 Å². The molecule has 0 spiro atoms. The third-order valence-corrected chi connectivity index (χ3v) is 4.33. The lowest BCUT2D eigenvalue weighted by atomic mass is 10.1. The van der Waals surface area contributed by atoms with Gasteiger partial charge in [0.2, 0.25) is 0 Å². The van der Waals surface area contributed by atoms with Crippen LogP contribution in [0.5, 0.6) is 5.75 Å². The topological polar surface area (TPSA) is 75.6 Å². The second-order valence-corrected chi connectivity index (χ2v) is 7.08. The van der Waals surface area contributed by atoms with Crippen molar-refractivity contribution in [2.75, 3.05) is 27.2 Å². The minimum Gasteiger partial charge on any atom is -0.487 e. The number of ketones is 1. The Kier molecular flexibility index (Phi) is 5.39. The number of pyridine rings is 2. The number of ether oxygens (including phenoxy) is 1. The van der Waals surface area contributed by atoms with Crippen LogP contribution in [-0.4, -0.2) is 64.9 Å². The van der Waals surface area contributed by atoms with E-state index in [1.807, 2.05) is 26.0 Å². The maximum atomic E-state index is 12.6. The van der Waals surface area contributed by atoms with Crippen LogP contribution in [0.1, 0.15) is 27.4 Å². The van der Waals surface area contributed by atoms with Gasteiger partial charge < -0.3 is 14.5 Å². The molecule has 0 aromatic carbocycles. The predicted molar refractivity (Wildman–Crippen MR) is 101 cm³/mol. The lowest BCUT2D eigenvalue weighted by Crippen LogP contribution is -2.58. The highest BCUT2D eigenvalue weighted by atomic mass is 16.5. The first-order valence-electron chi connectivity index (χ1n) is 8.88. The zero-order valence-corrected chi connectivity index (χ0v) is 16.1. The molecule has 1 aliphatic rings. The van der Waals surface area contributed by atoms with Crippen molar-refractivity contribution in [3.8, 4) is 5.75 Å². The lowest BCUT2D eigenvalue weighted by Gasteiger charge is -2.40. The molecule has 2 aromatic heterocycles. The molecular formula is C20H24N4O3. The predicted octanol–water partition coefficient (Wildman–Crippen LogP) is 2.26. The van der Waals surface area contributed by atoms with Crippen LogP contribution < -0.4 is 4.74 Å². The number of hydrogen-bond donors (Lipinski definition) is 0. The van der Waals surface area contributed by atoms with Crippen LogP contribution in [-0.2, 0) is 6.42 Å². The number of likely N-dealkylation sites (tertiary alicyclic amines) is 1. The summed E-state index contributed by atoms with van der Waals surface area (Å²) in [5.41, 5.74) is 2.85. The molecular weight excluding hydrogens is 344 g/mol. The van der Waals surface area contributed by atoms with Gasteiger partial charge in [0.15, 0.2) is 5.78 Å². The smallest absolute Gasteiger partial charge is 0.319 e. The summed E-state index contributed by atoms with van der Waals surface area (Å²) < 4.78 is 5.93. The second kappa shape index (κ2) is 7.73. The van der Waals surface area contributed by atoms with Gasteiger partial charge in [-0.1, -0.05) is 6.07 Å². The van der Waals surface area contributed by atoms with Crippen molar-refractivity contribution in [1.29, 1.82) is 0 Å². The van der Waals surface area contributed by atoms with Crippen LogP contribution in [0.25, 0.3) is 0 Å². The van der Waals surface area contributed by atoms with Crippen LogP contribution in [0, 0.1) is 13.8 Å². The number of carbonyl (C=O) groups is 2. The van der Waals surface area contributed by atoms with Gasteiger partial charge in [0.25, 0.3) is 0 Å². The Balaban J connectivity index is 1.63. The molecule has 2 aromatic rings. The fourth-order valence-electron chi connectivity index (χ4n) is 2.85. The molecule has 1 fully saturated rings. The van der Waals surface area contributed by atoms with Crippen LogP contribution in [0.15, 0.2) is 30.5 Å². The molecule has 3 rings (SSSR count). The third kappa shape index (κ3) is 4.61. The molecule has 0 radical (unpaired) electrons. The molecule has 2 amide bonds. The van der Waals surface area contributed by atoms with Gasteiger partial charge in [-0.05, 0) is 25.5 Å². The third-order valence-electron chi connectivity index (χ3n) is 4.33. The summed E-state index contributed by atoms with van der Waals surface area (Å²) in [5, 5.41) is 0. The van der Waals surface area contributed by atoms with Gasteiger partial charge in [-0.3, -0.25) is 9.78 Å². The van der Waals surface area contributed by atoms with Crippen LogP contribution >= 0.6 is 0 Å². The number of aryl methyl sites for hydroxylation is 2. The molecule has 0 atom stereocenters. The summed E-state index contributed by atoms with van der Waals surface area (Å²) >= 11 is 0. The first kappa shape index (κ1) is 18.8. The van der Waals surface area contributed by atoms with Crippen molar-refractivity contribution in [3.63, 3.8) is 0 Å². The molecule has 7 heteroatoms. The number of amides is 2. The van der Waals surface area contributed by atoms with Crippen molar-refractivity contribution in [2.45, 2.75) is 26.4 Å². The standard InChI is InChI=1S/C20H24N4O3/c1-13-5-6-15(21-10-13)8-19(25)18-9-16(7-14(2)22-18)27-17-11-24(12-17)20(26)23(3)4/h5-7,9-10,17H,8,11-12H2,1-4H3. The van der Waals surface area contributed by atoms with Gasteiger partial charge in [-0.25, -0.2) is 9.78 Å². The van der Waals surface area contributed by atoms with Crippen molar-refractivity contribution < 1.29 is 14.3 Å². The Labute approximate surface area is 159 Å². The van der Waals surface area contributed by atoms with Gasteiger partial charge in [-0.15, -0.1) is 0 Å². The molecule has 1 aliphatic heterocycles. The summed E-state index contributed by atoms with van der Waals surface area (Å²) in [6, 6.07) is 7.23. The van der Waals surface area contributed by atoms with E-state index in [9.17, 15) is 9.59 Å². The molecule has 0 bridgehead atoms. The van der Waals surface area contributed by atoms with E-state index < -0.39 is 0 Å². The quantitative estimate of drug-likeness (QED) is 0.757. The van der Waals surface area contributed by atoms with Gasteiger partial charge in [0, 0.05) is 43.8 Å². The van der Waals surface area contributed by atoms with Gasteiger partial charge in [0.1, 0.15) is 17.5 Å². The average molecular weight is 368 g/mol. The Morgan fingerprint density at radius 1 is 1.22 bits per heavy atom. The Morgan fingerprint density at radius 2 is 1.96 bits per heavy atom. The number of aromatic nitrogens is 2. The zero-order valence-electron chi connectivity index (χ0n) is 16.1. The maximum absolute atomic E-state index is 12.6. The number of hydrogen-bond acceptors (Lipinski definition) is 5. The normalized spacial score (nSPS) is 13.9. The minimum absolute atomic E-state index is 0.0257. The Morgan fingerprint density at radius 3 is 2.59 bits per heavy atom. The molecule has 3 heterocycles. The summed E-state index contributed by atoms with van der Waals surface area (Å²) in [4.78, 5) is 36.3. The van der Waals surface area contributed by atoms with E-state index in [4.69, 9.17) is 4.74 Å². The van der Waals surface area contributed by atoms with Crippen molar-refractivity contribution in [2.24, 2.45) is 0 Å². The van der Waals surface area contributed by atoms with E-state index in [1.54, 1.807) is 42.2 Å². The second-order valence-electron chi connectivity index (χ2n) is 7.08. The molecule has 142 valence electrons. The minimum atomic E-state index is -0.0991. The molecule has 0 unspecified atom stereocenters. The highest BCUT2D eigenvalue weighted by Crippen LogP contribution is 2.21. The number of rotatable bonds is 5. The van der Waals surface area contributed by atoms with Gasteiger partial charge in [-0.2, -0.15) is 0 Å². The van der Waals surface area contributed by atoms with E-state index >= 15 is 0 Å². The zero-order chi connectivity index (χ0) is 19.6. The molecule has 0 aliphatic carbocycles. The highest BCUT2D eigenvalue weighted by Gasteiger charge is 2.33. The SMILES string of the molecule is Cc1ccc(CC(=O)c2cc(OC3CN(C(=O)N(C)C)C3)cc(C)n2)nc1. The Hall–Kier alpha value is -2.96. The number of Topliss-reactive ketones (excluding diaryl/α,β-unsaturated/α-hetero) is 1. The fraction of sp³-hybridized carbons (Fsp3) is 0.400. The maximum Gasteiger partial charge on any atom is 0.319 e. The largest absolute Gasteiger partial charge is 0.487 e. The molecule has 27 heavy (non-hydrogen) atoms. The van der Waals surface area contributed by atoms with E-state index in [2.05, 4.69) is 9.97 Å².